The van der Waals surface area contributed by atoms with E-state index in [4.69, 9.17) is 0 Å². The van der Waals surface area contributed by atoms with Gasteiger partial charge in [0.05, 0.1) is 5.75 Å². The minimum atomic E-state index is -4.15. The maximum atomic E-state index is 13.0. The lowest BCUT2D eigenvalue weighted by Crippen LogP contribution is -2.18. The van der Waals surface area contributed by atoms with Gasteiger partial charge in [0.1, 0.15) is 5.69 Å². The molecule has 1 N–H and O–H groups in total. The Balaban J connectivity index is 3.45. The van der Waals surface area contributed by atoms with Gasteiger partial charge in [-0.2, -0.15) is 0 Å². The van der Waals surface area contributed by atoms with Crippen LogP contribution in [0, 0.1) is 29.1 Å². The molecule has 9 heteroatoms. The molecule has 0 fully saturated rings. The highest BCUT2D eigenvalue weighted by Gasteiger charge is 2.27. The molecule has 17 heavy (non-hydrogen) atoms. The first-order valence-electron chi connectivity index (χ1n) is 4.23. The molecule has 0 unspecified atom stereocenters. The van der Waals surface area contributed by atoms with Crippen LogP contribution in [-0.4, -0.2) is 14.2 Å². The number of benzene rings is 1. The van der Waals surface area contributed by atoms with E-state index >= 15 is 0 Å². The first-order chi connectivity index (χ1) is 7.71. The SMILES string of the molecule is CCS(=O)(=O)Nc1c(F)c(F)c(F)c(F)c1F. The van der Waals surface area contributed by atoms with Crippen molar-refractivity contribution in [3.63, 3.8) is 0 Å². The molecule has 0 radical (unpaired) electrons. The van der Waals surface area contributed by atoms with Crippen LogP contribution < -0.4 is 4.72 Å². The van der Waals surface area contributed by atoms with Gasteiger partial charge < -0.3 is 0 Å². The van der Waals surface area contributed by atoms with E-state index in [1.54, 1.807) is 0 Å². The summed E-state index contributed by atoms with van der Waals surface area (Å²) in [6.45, 7) is 1.13. The van der Waals surface area contributed by atoms with Crippen molar-refractivity contribution in [1.82, 2.24) is 0 Å². The number of rotatable bonds is 3. The first-order valence-corrected chi connectivity index (χ1v) is 5.88. The summed E-state index contributed by atoms with van der Waals surface area (Å²) in [5.74, 6) is -11.8. The van der Waals surface area contributed by atoms with Crippen LogP contribution in [-0.2, 0) is 10.0 Å². The quantitative estimate of drug-likeness (QED) is 0.522. The van der Waals surface area contributed by atoms with Gasteiger partial charge in [-0.3, -0.25) is 4.72 Å². The van der Waals surface area contributed by atoms with E-state index in [9.17, 15) is 30.4 Å². The summed E-state index contributed by atoms with van der Waals surface area (Å²) in [4.78, 5) is 0. The van der Waals surface area contributed by atoms with E-state index in [1.165, 1.54) is 4.72 Å². The lowest BCUT2D eigenvalue weighted by atomic mass is 10.2. The van der Waals surface area contributed by atoms with Gasteiger partial charge in [-0.05, 0) is 6.92 Å². The highest BCUT2D eigenvalue weighted by atomic mass is 32.2. The maximum Gasteiger partial charge on any atom is 0.232 e. The van der Waals surface area contributed by atoms with Crippen molar-refractivity contribution in [2.75, 3.05) is 10.5 Å². The van der Waals surface area contributed by atoms with E-state index in [0.717, 1.165) is 6.92 Å². The van der Waals surface area contributed by atoms with Gasteiger partial charge in [-0.15, -0.1) is 0 Å². The average Bonchev–Trinajstić information content (AvgIpc) is 2.30. The molecular formula is C8H6F5NO2S. The Morgan fingerprint density at radius 1 is 0.882 bits per heavy atom. The molecule has 1 aromatic rings. The highest BCUT2D eigenvalue weighted by Crippen LogP contribution is 2.27. The van der Waals surface area contributed by atoms with Crippen LogP contribution in [0.4, 0.5) is 27.6 Å². The fourth-order valence-corrected chi connectivity index (χ4v) is 1.56. The summed E-state index contributed by atoms with van der Waals surface area (Å²) in [7, 11) is -4.15. The second kappa shape index (κ2) is 4.47. The van der Waals surface area contributed by atoms with Crippen LogP contribution in [0.1, 0.15) is 6.92 Å². The number of anilines is 1. The van der Waals surface area contributed by atoms with E-state index < -0.39 is 50.5 Å². The Bertz CT molecular complexity index is 529. The standard InChI is InChI=1S/C8H6F5NO2S/c1-2-17(15,16)14-8-6(12)4(10)3(9)5(11)7(8)13/h14H,2H2,1H3. The van der Waals surface area contributed by atoms with Crippen molar-refractivity contribution in [2.45, 2.75) is 6.92 Å². The van der Waals surface area contributed by atoms with E-state index in [1.807, 2.05) is 0 Å². The molecule has 0 atom stereocenters. The number of sulfonamides is 1. The Labute approximate surface area is 93.3 Å². The summed E-state index contributed by atoms with van der Waals surface area (Å²) in [6.07, 6.45) is 0. The molecule has 0 aliphatic carbocycles. The van der Waals surface area contributed by atoms with Gasteiger partial charge in [0, 0.05) is 0 Å². The second-order valence-electron chi connectivity index (χ2n) is 2.95. The second-order valence-corrected chi connectivity index (χ2v) is 4.96. The maximum absolute atomic E-state index is 13.0. The number of halogens is 5. The Morgan fingerprint density at radius 2 is 1.24 bits per heavy atom. The van der Waals surface area contributed by atoms with Crippen LogP contribution >= 0.6 is 0 Å². The van der Waals surface area contributed by atoms with Gasteiger partial charge in [0.2, 0.25) is 15.8 Å². The molecule has 96 valence electrons. The topological polar surface area (TPSA) is 46.2 Å². The van der Waals surface area contributed by atoms with Crippen molar-refractivity contribution in [2.24, 2.45) is 0 Å². The lowest BCUT2D eigenvalue weighted by molar-refractivity contribution is 0.382. The molecule has 0 heterocycles. The molecule has 0 spiro atoms. The molecule has 0 aromatic heterocycles. The van der Waals surface area contributed by atoms with Crippen LogP contribution in [0.5, 0.6) is 0 Å². The summed E-state index contributed by atoms with van der Waals surface area (Å²) >= 11 is 0. The fraction of sp³-hybridized carbons (Fsp3) is 0.250. The van der Waals surface area contributed by atoms with E-state index in [-0.39, 0.29) is 0 Å². The molecule has 0 amide bonds. The van der Waals surface area contributed by atoms with Crippen molar-refractivity contribution in [1.29, 1.82) is 0 Å². The van der Waals surface area contributed by atoms with Crippen LogP contribution in [0.25, 0.3) is 0 Å². The summed E-state index contributed by atoms with van der Waals surface area (Å²) in [6, 6.07) is 0. The largest absolute Gasteiger partial charge is 0.278 e. The minimum absolute atomic E-state index is 0.577. The van der Waals surface area contributed by atoms with Gasteiger partial charge >= 0.3 is 0 Å². The highest BCUT2D eigenvalue weighted by molar-refractivity contribution is 7.92. The summed E-state index contributed by atoms with van der Waals surface area (Å²) < 4.78 is 87.3. The molecule has 0 aliphatic rings. The van der Waals surface area contributed by atoms with Crippen LogP contribution in [0.3, 0.4) is 0 Å². The first kappa shape index (κ1) is 13.7. The molecule has 0 bridgehead atoms. The zero-order chi connectivity index (χ0) is 13.4. The van der Waals surface area contributed by atoms with E-state index in [2.05, 4.69) is 0 Å². The molecule has 0 saturated carbocycles. The van der Waals surface area contributed by atoms with Gasteiger partial charge in [0.15, 0.2) is 23.3 Å². The number of nitrogens with one attached hydrogen (secondary N) is 1. The van der Waals surface area contributed by atoms with Crippen molar-refractivity contribution in [3.8, 4) is 0 Å². The molecule has 0 saturated heterocycles. The minimum Gasteiger partial charge on any atom is -0.278 e. The Hall–Kier alpha value is -1.38. The van der Waals surface area contributed by atoms with Crippen LogP contribution in [0.2, 0.25) is 0 Å². The third kappa shape index (κ3) is 2.48. The van der Waals surface area contributed by atoms with Gasteiger partial charge in [-0.1, -0.05) is 0 Å². The number of hydrogen-bond donors (Lipinski definition) is 1. The molecule has 1 rings (SSSR count). The molecule has 0 aliphatic heterocycles. The predicted molar refractivity (Wildman–Crippen MR) is 49.3 cm³/mol. The fourth-order valence-electron chi connectivity index (χ4n) is 0.922. The Kier molecular flexibility index (Phi) is 3.60. The smallest absolute Gasteiger partial charge is 0.232 e. The van der Waals surface area contributed by atoms with Gasteiger partial charge in [0.25, 0.3) is 0 Å². The number of hydrogen-bond acceptors (Lipinski definition) is 2. The average molecular weight is 275 g/mol. The lowest BCUT2D eigenvalue weighted by Gasteiger charge is -2.10. The van der Waals surface area contributed by atoms with Crippen molar-refractivity contribution in [3.05, 3.63) is 29.1 Å². The van der Waals surface area contributed by atoms with E-state index in [0.29, 0.717) is 0 Å². The molecule has 3 nitrogen and oxygen atoms in total. The normalized spacial score (nSPS) is 11.6. The van der Waals surface area contributed by atoms with Crippen LogP contribution in [0.15, 0.2) is 0 Å². The third-order valence-electron chi connectivity index (χ3n) is 1.85. The Morgan fingerprint density at radius 3 is 1.59 bits per heavy atom. The third-order valence-corrected chi connectivity index (χ3v) is 3.12. The molecule has 1 aromatic carbocycles. The zero-order valence-electron chi connectivity index (χ0n) is 8.32. The predicted octanol–water partition coefficient (Wildman–Crippen LogP) is 2.14. The molecular weight excluding hydrogens is 269 g/mol. The summed E-state index contributed by atoms with van der Waals surface area (Å²) in [5.41, 5.74) is -1.58. The van der Waals surface area contributed by atoms with Crippen molar-refractivity contribution >= 4 is 15.7 Å². The monoisotopic (exact) mass is 275 g/mol. The summed E-state index contributed by atoms with van der Waals surface area (Å²) in [5, 5.41) is 0. The van der Waals surface area contributed by atoms with Crippen molar-refractivity contribution < 1.29 is 30.4 Å². The zero-order valence-corrected chi connectivity index (χ0v) is 9.14. The van der Waals surface area contributed by atoms with Gasteiger partial charge in [-0.25, -0.2) is 30.4 Å².